The summed E-state index contributed by atoms with van der Waals surface area (Å²) in [5, 5.41) is 20.3. The lowest BCUT2D eigenvalue weighted by Crippen LogP contribution is -2.25. The van der Waals surface area contributed by atoms with E-state index >= 15 is 0 Å². The van der Waals surface area contributed by atoms with E-state index < -0.39 is 17.0 Å². The fraction of sp³-hybridized carbons (Fsp3) is 0.133. The largest absolute Gasteiger partial charge is 0.507 e. The Morgan fingerprint density at radius 3 is 1.96 bits per heavy atom. The molecule has 0 saturated heterocycles. The molecule has 0 aromatic carbocycles. The summed E-state index contributed by atoms with van der Waals surface area (Å²) in [5.41, 5.74) is -1.26. The van der Waals surface area contributed by atoms with Crippen molar-refractivity contribution >= 4 is 0 Å². The number of nitrogens with zero attached hydrogens (tertiary/aromatic N) is 2. The van der Waals surface area contributed by atoms with Gasteiger partial charge in [-0.1, -0.05) is 0 Å². The third-order valence-electron chi connectivity index (χ3n) is 3.65. The SMILES string of the molecule is Cn1ccnc1C(c1c(O)cc[nH]c1=O)c1c(O)cc[nH]c1=O. The number of aryl methyl sites for hydroxylation is 1. The van der Waals surface area contributed by atoms with Crippen molar-refractivity contribution in [1.29, 1.82) is 0 Å². The van der Waals surface area contributed by atoms with Crippen LogP contribution in [-0.2, 0) is 7.05 Å². The first-order valence-corrected chi connectivity index (χ1v) is 6.79. The predicted octanol–water partition coefficient (Wildman–Crippen LogP) is 0.388. The predicted molar refractivity (Wildman–Crippen MR) is 81.6 cm³/mol. The molecule has 0 radical (unpaired) electrons. The number of aromatic nitrogens is 4. The van der Waals surface area contributed by atoms with Gasteiger partial charge in [0, 0.05) is 31.8 Å². The van der Waals surface area contributed by atoms with Crippen LogP contribution in [-0.4, -0.2) is 29.7 Å². The van der Waals surface area contributed by atoms with E-state index in [2.05, 4.69) is 15.0 Å². The molecule has 0 saturated carbocycles. The molecule has 4 N–H and O–H groups in total. The number of hydrogen-bond acceptors (Lipinski definition) is 5. The molecule has 0 bridgehead atoms. The van der Waals surface area contributed by atoms with Crippen molar-refractivity contribution in [3.8, 4) is 11.5 Å². The molecule has 3 aromatic heterocycles. The molecule has 23 heavy (non-hydrogen) atoms. The van der Waals surface area contributed by atoms with Gasteiger partial charge < -0.3 is 24.7 Å². The number of aromatic amines is 2. The normalized spacial score (nSPS) is 11.0. The zero-order chi connectivity index (χ0) is 16.6. The molecule has 3 heterocycles. The van der Waals surface area contributed by atoms with Gasteiger partial charge in [0.25, 0.3) is 11.1 Å². The van der Waals surface area contributed by atoms with Gasteiger partial charge in [-0.05, 0) is 12.1 Å². The van der Waals surface area contributed by atoms with Gasteiger partial charge in [-0.2, -0.15) is 0 Å². The fourth-order valence-electron chi connectivity index (χ4n) is 2.58. The quantitative estimate of drug-likeness (QED) is 0.556. The molecule has 0 amide bonds. The number of hydrogen-bond donors (Lipinski definition) is 4. The monoisotopic (exact) mass is 314 g/mol. The second kappa shape index (κ2) is 5.48. The van der Waals surface area contributed by atoms with Crippen LogP contribution >= 0.6 is 0 Å². The maximum absolute atomic E-state index is 12.2. The average molecular weight is 314 g/mol. The van der Waals surface area contributed by atoms with Crippen LogP contribution in [0.15, 0.2) is 46.5 Å². The molecule has 0 aliphatic rings. The second-order valence-corrected chi connectivity index (χ2v) is 5.04. The zero-order valence-corrected chi connectivity index (χ0v) is 12.1. The van der Waals surface area contributed by atoms with E-state index in [1.165, 1.54) is 30.7 Å². The van der Waals surface area contributed by atoms with Crippen molar-refractivity contribution < 1.29 is 10.2 Å². The first-order valence-electron chi connectivity index (χ1n) is 6.79. The van der Waals surface area contributed by atoms with Crippen LogP contribution < -0.4 is 11.1 Å². The molecule has 0 aliphatic heterocycles. The van der Waals surface area contributed by atoms with Gasteiger partial charge in [0.05, 0.1) is 17.0 Å². The van der Waals surface area contributed by atoms with Crippen LogP contribution in [0.25, 0.3) is 0 Å². The molecule has 8 nitrogen and oxygen atoms in total. The van der Waals surface area contributed by atoms with Gasteiger partial charge >= 0.3 is 0 Å². The van der Waals surface area contributed by atoms with Gasteiger partial charge in [-0.25, -0.2) is 4.98 Å². The van der Waals surface area contributed by atoms with Crippen molar-refractivity contribution in [1.82, 2.24) is 19.5 Å². The fourth-order valence-corrected chi connectivity index (χ4v) is 2.58. The van der Waals surface area contributed by atoms with Gasteiger partial charge in [-0.3, -0.25) is 9.59 Å². The molecule has 0 spiro atoms. The lowest BCUT2D eigenvalue weighted by Gasteiger charge is -2.18. The van der Waals surface area contributed by atoms with E-state index in [9.17, 15) is 19.8 Å². The highest BCUT2D eigenvalue weighted by molar-refractivity contribution is 5.47. The van der Waals surface area contributed by atoms with Gasteiger partial charge in [0.15, 0.2) is 0 Å². The Kier molecular flexibility index (Phi) is 3.49. The smallest absolute Gasteiger partial charge is 0.255 e. The molecule has 0 aliphatic carbocycles. The number of H-pyrrole nitrogens is 2. The Morgan fingerprint density at radius 1 is 1.04 bits per heavy atom. The Bertz CT molecular complexity index is 910. The summed E-state index contributed by atoms with van der Waals surface area (Å²) in [4.78, 5) is 33.6. The van der Waals surface area contributed by atoms with E-state index in [4.69, 9.17) is 0 Å². The number of imidazole rings is 1. The average Bonchev–Trinajstić information content (AvgIpc) is 2.91. The first kappa shape index (κ1) is 14.6. The first-order chi connectivity index (χ1) is 11.0. The lowest BCUT2D eigenvalue weighted by atomic mass is 9.91. The summed E-state index contributed by atoms with van der Waals surface area (Å²) in [6.45, 7) is 0. The van der Waals surface area contributed by atoms with Crippen LogP contribution in [0.3, 0.4) is 0 Å². The van der Waals surface area contributed by atoms with Crippen LogP contribution in [0.1, 0.15) is 22.9 Å². The Labute approximate surface area is 129 Å². The third-order valence-corrected chi connectivity index (χ3v) is 3.65. The van der Waals surface area contributed by atoms with E-state index in [1.54, 1.807) is 17.8 Å². The van der Waals surface area contributed by atoms with Crippen molar-refractivity contribution in [2.75, 3.05) is 0 Å². The van der Waals surface area contributed by atoms with Crippen molar-refractivity contribution in [3.05, 3.63) is 74.6 Å². The van der Waals surface area contributed by atoms with Crippen molar-refractivity contribution in [3.63, 3.8) is 0 Å². The van der Waals surface area contributed by atoms with Crippen LogP contribution in [0.2, 0.25) is 0 Å². The van der Waals surface area contributed by atoms with Crippen LogP contribution in [0, 0.1) is 0 Å². The Hall–Kier alpha value is -3.29. The number of pyridine rings is 2. The molecule has 3 rings (SSSR count). The van der Waals surface area contributed by atoms with E-state index in [0.29, 0.717) is 5.82 Å². The summed E-state index contributed by atoms with van der Waals surface area (Å²) >= 11 is 0. The summed E-state index contributed by atoms with van der Waals surface area (Å²) in [7, 11) is 1.69. The minimum atomic E-state index is -1.02. The third kappa shape index (κ3) is 2.39. The second-order valence-electron chi connectivity index (χ2n) is 5.04. The molecular formula is C15H14N4O4. The summed E-state index contributed by atoms with van der Waals surface area (Å²) in [6, 6.07) is 2.61. The van der Waals surface area contributed by atoms with Gasteiger partial charge in [0.2, 0.25) is 0 Å². The minimum absolute atomic E-state index is 0.0613. The van der Waals surface area contributed by atoms with E-state index in [-0.39, 0.29) is 22.6 Å². The molecular weight excluding hydrogens is 300 g/mol. The molecule has 118 valence electrons. The maximum Gasteiger partial charge on any atom is 0.255 e. The minimum Gasteiger partial charge on any atom is -0.507 e. The molecule has 0 atom stereocenters. The molecule has 0 unspecified atom stereocenters. The van der Waals surface area contributed by atoms with Gasteiger partial charge in [0.1, 0.15) is 17.3 Å². The zero-order valence-electron chi connectivity index (χ0n) is 12.1. The van der Waals surface area contributed by atoms with E-state index in [0.717, 1.165) is 0 Å². The Balaban J connectivity index is 2.40. The van der Waals surface area contributed by atoms with Crippen LogP contribution in [0.4, 0.5) is 0 Å². The topological polar surface area (TPSA) is 124 Å². The standard InChI is InChI=1S/C15H14N4O4/c1-19-7-6-16-13(19)12(10-8(20)2-4-17-14(10)22)11-9(21)3-5-18-15(11)23/h2-7,12H,1H3,(H2,17,20,22)(H2,18,21,23). The Morgan fingerprint density at radius 2 is 1.57 bits per heavy atom. The van der Waals surface area contributed by atoms with Crippen molar-refractivity contribution in [2.45, 2.75) is 5.92 Å². The number of aromatic hydroxyl groups is 2. The lowest BCUT2D eigenvalue weighted by molar-refractivity contribution is 0.453. The highest BCUT2D eigenvalue weighted by atomic mass is 16.3. The molecule has 3 aromatic rings. The number of rotatable bonds is 3. The molecule has 0 fully saturated rings. The highest BCUT2D eigenvalue weighted by Crippen LogP contribution is 2.35. The summed E-state index contributed by atoms with van der Waals surface area (Å²) in [5.74, 6) is -1.26. The van der Waals surface area contributed by atoms with Crippen LogP contribution in [0.5, 0.6) is 11.5 Å². The summed E-state index contributed by atoms with van der Waals surface area (Å²) < 4.78 is 1.61. The van der Waals surface area contributed by atoms with E-state index in [1.807, 2.05) is 0 Å². The van der Waals surface area contributed by atoms with Gasteiger partial charge in [-0.15, -0.1) is 0 Å². The molecule has 8 heteroatoms. The highest BCUT2D eigenvalue weighted by Gasteiger charge is 2.30. The maximum atomic E-state index is 12.2. The van der Waals surface area contributed by atoms with Crippen molar-refractivity contribution in [2.24, 2.45) is 7.05 Å². The number of nitrogens with one attached hydrogen (secondary N) is 2. The summed E-state index contributed by atoms with van der Waals surface area (Å²) in [6.07, 6.45) is 5.74.